The lowest BCUT2D eigenvalue weighted by atomic mass is 10.1. The summed E-state index contributed by atoms with van der Waals surface area (Å²) in [6.07, 6.45) is -3.21. The lowest BCUT2D eigenvalue weighted by Gasteiger charge is -2.14. The molecule has 3 aromatic rings. The molecule has 0 saturated carbocycles. The Balaban J connectivity index is 1.71. The largest absolute Gasteiger partial charge is 0.496 e. The van der Waals surface area contributed by atoms with Crippen molar-refractivity contribution in [1.82, 2.24) is 15.7 Å². The van der Waals surface area contributed by atoms with Gasteiger partial charge in [-0.3, -0.25) is 25.4 Å². The first-order valence-corrected chi connectivity index (χ1v) is 9.97. The number of rotatable bonds is 7. The second-order valence-electron chi connectivity index (χ2n) is 6.70. The molecule has 0 fully saturated rings. The topological polar surface area (TPSA) is 102 Å². The number of carbonyl (C=O) groups excluding carboxylic acids is 2. The molecule has 0 aliphatic rings. The molecule has 1 heterocycles. The number of amides is 2. The lowest BCUT2D eigenvalue weighted by molar-refractivity contribution is -0.137. The summed E-state index contributed by atoms with van der Waals surface area (Å²) in [7, 11) is 2.72. The van der Waals surface area contributed by atoms with Gasteiger partial charge in [-0.25, -0.2) is 0 Å². The molecule has 0 unspecified atom stereocenters. The summed E-state index contributed by atoms with van der Waals surface area (Å²) in [6.45, 7) is 0. The number of nitrogens with one attached hydrogen (secondary N) is 3. The van der Waals surface area contributed by atoms with Crippen LogP contribution in [0.3, 0.4) is 0 Å². The highest BCUT2D eigenvalue weighted by Crippen LogP contribution is 2.33. The standard InChI is InChI=1S/C22H18ClF3N4O4/c1-27-21(32)17-11-14(7-8-28-17)34-19-6-4-13(10-16(19)23)29-30-20(31)15-9-12(22(24,25)26)3-5-18(15)33-2/h3-11,29H,1-2H3,(H,27,32)(H,30,31). The third-order valence-electron chi connectivity index (χ3n) is 4.44. The lowest BCUT2D eigenvalue weighted by Crippen LogP contribution is -2.30. The average Bonchev–Trinajstić information content (AvgIpc) is 2.82. The van der Waals surface area contributed by atoms with Crippen molar-refractivity contribution in [3.8, 4) is 17.2 Å². The zero-order valence-corrected chi connectivity index (χ0v) is 18.5. The Hall–Kier alpha value is -3.99. The number of hydrazine groups is 1. The highest BCUT2D eigenvalue weighted by Gasteiger charge is 2.32. The second-order valence-corrected chi connectivity index (χ2v) is 7.10. The van der Waals surface area contributed by atoms with Gasteiger partial charge in [0.2, 0.25) is 0 Å². The normalized spacial score (nSPS) is 10.9. The quantitative estimate of drug-likeness (QED) is 0.413. The van der Waals surface area contributed by atoms with Crippen molar-refractivity contribution in [1.29, 1.82) is 0 Å². The van der Waals surface area contributed by atoms with Gasteiger partial charge in [-0.2, -0.15) is 13.2 Å². The molecule has 0 atom stereocenters. The Kier molecular flexibility index (Phi) is 7.47. The molecule has 3 N–H and O–H groups in total. The number of hydrogen-bond donors (Lipinski definition) is 3. The fourth-order valence-corrected chi connectivity index (χ4v) is 2.99. The fraction of sp³-hybridized carbons (Fsp3) is 0.136. The highest BCUT2D eigenvalue weighted by atomic mass is 35.5. The van der Waals surface area contributed by atoms with Crippen molar-refractivity contribution in [2.24, 2.45) is 0 Å². The zero-order chi connectivity index (χ0) is 24.9. The van der Waals surface area contributed by atoms with E-state index in [0.717, 1.165) is 12.1 Å². The van der Waals surface area contributed by atoms with Crippen LogP contribution in [0.15, 0.2) is 54.7 Å². The summed E-state index contributed by atoms with van der Waals surface area (Å²) in [5, 5.41) is 2.62. The van der Waals surface area contributed by atoms with Crippen LogP contribution >= 0.6 is 11.6 Å². The molecule has 8 nitrogen and oxygen atoms in total. The van der Waals surface area contributed by atoms with Crippen LogP contribution in [0.1, 0.15) is 26.4 Å². The van der Waals surface area contributed by atoms with Crippen LogP contribution in [-0.4, -0.2) is 31.0 Å². The summed E-state index contributed by atoms with van der Waals surface area (Å²) in [5.41, 5.74) is 4.07. The number of anilines is 1. The second kappa shape index (κ2) is 10.3. The number of pyridine rings is 1. The molecule has 1 aromatic heterocycles. The number of halogens is 4. The number of aromatic nitrogens is 1. The SMILES string of the molecule is CNC(=O)c1cc(Oc2ccc(NNC(=O)c3cc(C(F)(F)F)ccc3OC)cc2Cl)ccn1. The molecule has 0 spiro atoms. The monoisotopic (exact) mass is 494 g/mol. The van der Waals surface area contributed by atoms with Gasteiger partial charge in [0.05, 0.1) is 28.9 Å². The third kappa shape index (κ3) is 5.87. The Morgan fingerprint density at radius 2 is 1.74 bits per heavy atom. The Bertz CT molecular complexity index is 1220. The van der Waals surface area contributed by atoms with E-state index < -0.39 is 17.6 Å². The number of nitrogens with zero attached hydrogens (tertiary/aromatic N) is 1. The minimum absolute atomic E-state index is 0.0254. The summed E-state index contributed by atoms with van der Waals surface area (Å²) in [5.74, 6) is -0.682. The van der Waals surface area contributed by atoms with Crippen molar-refractivity contribution in [2.45, 2.75) is 6.18 Å². The molecule has 178 valence electrons. The average molecular weight is 495 g/mol. The number of ether oxygens (including phenoxy) is 2. The molecule has 2 amide bonds. The van der Waals surface area contributed by atoms with Crippen molar-refractivity contribution in [2.75, 3.05) is 19.6 Å². The van der Waals surface area contributed by atoms with Gasteiger partial charge in [0, 0.05) is 19.3 Å². The Morgan fingerprint density at radius 3 is 2.38 bits per heavy atom. The van der Waals surface area contributed by atoms with Crippen LogP contribution in [0.4, 0.5) is 18.9 Å². The van der Waals surface area contributed by atoms with E-state index >= 15 is 0 Å². The first-order valence-electron chi connectivity index (χ1n) is 9.59. The smallest absolute Gasteiger partial charge is 0.416 e. The molecule has 0 aliphatic heterocycles. The van der Waals surface area contributed by atoms with Gasteiger partial charge in [0.25, 0.3) is 11.8 Å². The first kappa shape index (κ1) is 24.6. The number of benzene rings is 2. The van der Waals surface area contributed by atoms with Gasteiger partial charge in [0.1, 0.15) is 22.9 Å². The molecule has 0 saturated heterocycles. The van der Waals surface area contributed by atoms with E-state index in [1.54, 1.807) is 0 Å². The van der Waals surface area contributed by atoms with Crippen LogP contribution < -0.4 is 25.6 Å². The molecule has 3 rings (SSSR count). The Morgan fingerprint density at radius 1 is 1.00 bits per heavy atom. The number of alkyl halides is 3. The summed E-state index contributed by atoms with van der Waals surface area (Å²) < 4.78 is 49.7. The van der Waals surface area contributed by atoms with E-state index in [1.165, 1.54) is 50.7 Å². The maximum Gasteiger partial charge on any atom is 0.416 e. The molecule has 0 bridgehead atoms. The maximum absolute atomic E-state index is 13.0. The van der Waals surface area contributed by atoms with E-state index in [2.05, 4.69) is 21.2 Å². The van der Waals surface area contributed by atoms with E-state index in [-0.39, 0.29) is 33.7 Å². The van der Waals surface area contributed by atoms with Gasteiger partial charge < -0.3 is 14.8 Å². The van der Waals surface area contributed by atoms with Crippen LogP contribution in [0.5, 0.6) is 17.2 Å². The fourth-order valence-electron chi connectivity index (χ4n) is 2.77. The predicted octanol–water partition coefficient (Wildman–Crippen LogP) is 4.67. The van der Waals surface area contributed by atoms with Crippen molar-refractivity contribution in [3.05, 3.63) is 76.6 Å². The molecule has 2 aromatic carbocycles. The van der Waals surface area contributed by atoms with Crippen molar-refractivity contribution >= 4 is 29.1 Å². The van der Waals surface area contributed by atoms with Crippen LogP contribution in [0.25, 0.3) is 0 Å². The molecule has 0 aliphatic carbocycles. The van der Waals surface area contributed by atoms with Gasteiger partial charge in [-0.1, -0.05) is 11.6 Å². The minimum Gasteiger partial charge on any atom is -0.496 e. The van der Waals surface area contributed by atoms with Gasteiger partial charge in [-0.15, -0.1) is 0 Å². The Labute approximate surface area is 197 Å². The third-order valence-corrected chi connectivity index (χ3v) is 4.74. The van der Waals surface area contributed by atoms with Crippen LogP contribution in [0.2, 0.25) is 5.02 Å². The molecular formula is C22H18ClF3N4O4. The molecule has 0 radical (unpaired) electrons. The van der Waals surface area contributed by atoms with Crippen molar-refractivity contribution in [3.63, 3.8) is 0 Å². The van der Waals surface area contributed by atoms with Gasteiger partial charge >= 0.3 is 6.18 Å². The molecule has 34 heavy (non-hydrogen) atoms. The minimum atomic E-state index is -4.62. The molecular weight excluding hydrogens is 477 g/mol. The molecule has 12 heteroatoms. The van der Waals surface area contributed by atoms with E-state index in [0.29, 0.717) is 17.5 Å². The van der Waals surface area contributed by atoms with Crippen LogP contribution in [-0.2, 0) is 6.18 Å². The van der Waals surface area contributed by atoms with Crippen LogP contribution in [0, 0.1) is 0 Å². The van der Waals surface area contributed by atoms with Crippen molar-refractivity contribution < 1.29 is 32.2 Å². The summed E-state index contributed by atoms with van der Waals surface area (Å²) >= 11 is 6.24. The van der Waals surface area contributed by atoms with E-state index in [1.807, 2.05) is 0 Å². The maximum atomic E-state index is 13.0. The predicted molar refractivity (Wildman–Crippen MR) is 118 cm³/mol. The van der Waals surface area contributed by atoms with Gasteiger partial charge in [-0.05, 0) is 42.5 Å². The highest BCUT2D eigenvalue weighted by molar-refractivity contribution is 6.32. The number of methoxy groups -OCH3 is 1. The van der Waals surface area contributed by atoms with Gasteiger partial charge in [0.15, 0.2) is 0 Å². The number of carbonyl (C=O) groups is 2. The number of hydrogen-bond acceptors (Lipinski definition) is 6. The van der Waals surface area contributed by atoms with E-state index in [9.17, 15) is 22.8 Å². The van der Waals surface area contributed by atoms with E-state index in [4.69, 9.17) is 21.1 Å². The first-order chi connectivity index (χ1) is 16.1. The summed E-state index contributed by atoms with van der Waals surface area (Å²) in [6, 6.07) is 10.0. The summed E-state index contributed by atoms with van der Waals surface area (Å²) in [4.78, 5) is 28.1. The zero-order valence-electron chi connectivity index (χ0n) is 17.8.